The minimum Gasteiger partial charge on any atom is -0.492 e. The molecule has 0 spiro atoms. The van der Waals surface area contributed by atoms with Gasteiger partial charge in [-0.1, -0.05) is 12.1 Å². The lowest BCUT2D eigenvalue weighted by Gasteiger charge is -2.14. The predicted octanol–water partition coefficient (Wildman–Crippen LogP) is 2.99. The van der Waals surface area contributed by atoms with Crippen LogP contribution >= 0.6 is 0 Å². The number of pyridine rings is 1. The van der Waals surface area contributed by atoms with Crippen LogP contribution in [0, 0.1) is 6.92 Å². The lowest BCUT2D eigenvalue weighted by molar-refractivity contribution is 0.0956. The van der Waals surface area contributed by atoms with Gasteiger partial charge in [0.25, 0.3) is 11.5 Å². The molecule has 6 heteroatoms. The number of likely N-dealkylation sites (N-methyl/N-ethyl adjacent to an activating group) is 1. The Morgan fingerprint density at radius 1 is 1.14 bits per heavy atom. The van der Waals surface area contributed by atoms with Gasteiger partial charge in [0, 0.05) is 19.3 Å². The van der Waals surface area contributed by atoms with E-state index in [-0.39, 0.29) is 11.5 Å². The van der Waals surface area contributed by atoms with Crippen LogP contribution in [0.2, 0.25) is 0 Å². The number of amides is 1. The number of benzene rings is 2. The number of nitrogens with one attached hydrogen (secondary N) is 1. The summed E-state index contributed by atoms with van der Waals surface area (Å²) in [6.45, 7) is 5.65. The zero-order valence-corrected chi connectivity index (χ0v) is 17.4. The van der Waals surface area contributed by atoms with Gasteiger partial charge in [-0.15, -0.1) is 0 Å². The molecule has 0 saturated carbocycles. The number of hydrogen-bond donors (Lipinski definition) is 1. The molecular formula is C23H27N3O3. The number of nitrogens with zero attached hydrogens (tertiary/aromatic N) is 2. The Balaban J connectivity index is 2.07. The molecule has 29 heavy (non-hydrogen) atoms. The summed E-state index contributed by atoms with van der Waals surface area (Å²) in [7, 11) is 3.97. The first-order valence-corrected chi connectivity index (χ1v) is 9.73. The van der Waals surface area contributed by atoms with Crippen molar-refractivity contribution >= 4 is 16.7 Å². The normalized spacial score (nSPS) is 11.1. The number of fused-ring (bicyclic) bond motifs is 1. The van der Waals surface area contributed by atoms with Gasteiger partial charge < -0.3 is 15.0 Å². The Kier molecular flexibility index (Phi) is 6.34. The topological polar surface area (TPSA) is 63.6 Å². The summed E-state index contributed by atoms with van der Waals surface area (Å²) in [6.07, 6.45) is 1.72. The highest BCUT2D eigenvalue weighted by Gasteiger charge is 2.15. The first-order chi connectivity index (χ1) is 13.9. The fourth-order valence-corrected chi connectivity index (χ4v) is 3.13. The van der Waals surface area contributed by atoms with Crippen LogP contribution in [0.4, 0.5) is 0 Å². The molecule has 0 bridgehead atoms. The smallest absolute Gasteiger partial charge is 0.263 e. The highest BCUT2D eigenvalue weighted by atomic mass is 16.5. The number of carbonyl (C=O) groups is 1. The molecule has 152 valence electrons. The summed E-state index contributed by atoms with van der Waals surface area (Å²) in [5.41, 5.74) is 1.83. The molecule has 0 aliphatic carbocycles. The average Bonchev–Trinajstić information content (AvgIpc) is 2.68. The SMILES string of the molecule is CCNC(=O)c1ccc(C)cc1-n1ccc2ccc(OCCN(C)C)cc2c1=O. The van der Waals surface area contributed by atoms with Crippen LogP contribution in [0.25, 0.3) is 16.5 Å². The molecule has 3 rings (SSSR count). The minimum absolute atomic E-state index is 0.184. The van der Waals surface area contributed by atoms with Gasteiger partial charge in [-0.05, 0) is 69.2 Å². The maximum Gasteiger partial charge on any atom is 0.263 e. The molecule has 0 fully saturated rings. The molecule has 0 atom stereocenters. The molecular weight excluding hydrogens is 366 g/mol. The molecule has 6 nitrogen and oxygen atoms in total. The van der Waals surface area contributed by atoms with E-state index < -0.39 is 0 Å². The van der Waals surface area contributed by atoms with Crippen molar-refractivity contribution in [1.29, 1.82) is 0 Å². The lowest BCUT2D eigenvalue weighted by atomic mass is 10.1. The van der Waals surface area contributed by atoms with E-state index in [1.165, 1.54) is 4.57 Å². The third-order valence-corrected chi connectivity index (χ3v) is 4.68. The first kappa shape index (κ1) is 20.6. The number of ether oxygens (including phenoxy) is 1. The second-order valence-corrected chi connectivity index (χ2v) is 7.27. The van der Waals surface area contributed by atoms with E-state index in [9.17, 15) is 9.59 Å². The van der Waals surface area contributed by atoms with Crippen molar-refractivity contribution in [1.82, 2.24) is 14.8 Å². The standard InChI is InChI=1S/C23H27N3O3/c1-5-24-22(27)19-9-6-16(2)14-21(19)26-11-10-17-7-8-18(15-20(17)23(26)28)29-13-12-25(3)4/h6-11,14-15H,5,12-13H2,1-4H3,(H,24,27). The van der Waals surface area contributed by atoms with E-state index in [4.69, 9.17) is 4.74 Å². The fraction of sp³-hybridized carbons (Fsp3) is 0.304. The van der Waals surface area contributed by atoms with E-state index in [0.29, 0.717) is 35.5 Å². The zero-order valence-electron chi connectivity index (χ0n) is 17.4. The van der Waals surface area contributed by atoms with Crippen LogP contribution in [0.1, 0.15) is 22.8 Å². The summed E-state index contributed by atoms with van der Waals surface area (Å²) in [4.78, 5) is 27.8. The molecule has 3 aromatic rings. The molecule has 1 amide bonds. The maximum atomic E-state index is 13.3. The number of carbonyl (C=O) groups excluding carboxylic acids is 1. The Morgan fingerprint density at radius 2 is 1.93 bits per heavy atom. The van der Waals surface area contributed by atoms with Gasteiger partial charge >= 0.3 is 0 Å². The average molecular weight is 393 g/mol. The highest BCUT2D eigenvalue weighted by Crippen LogP contribution is 2.21. The van der Waals surface area contributed by atoms with Gasteiger partial charge in [-0.2, -0.15) is 0 Å². The van der Waals surface area contributed by atoms with Crippen molar-refractivity contribution < 1.29 is 9.53 Å². The van der Waals surface area contributed by atoms with Crippen molar-refractivity contribution in [2.75, 3.05) is 33.8 Å². The lowest BCUT2D eigenvalue weighted by Crippen LogP contribution is -2.26. The van der Waals surface area contributed by atoms with Gasteiger partial charge in [0.1, 0.15) is 12.4 Å². The Bertz CT molecular complexity index is 1090. The number of hydrogen-bond acceptors (Lipinski definition) is 4. The zero-order chi connectivity index (χ0) is 21.0. The monoisotopic (exact) mass is 393 g/mol. The molecule has 1 heterocycles. The molecule has 0 aliphatic rings. The molecule has 1 aromatic heterocycles. The third-order valence-electron chi connectivity index (χ3n) is 4.68. The minimum atomic E-state index is -0.199. The summed E-state index contributed by atoms with van der Waals surface area (Å²) >= 11 is 0. The molecule has 0 aliphatic heterocycles. The molecule has 0 unspecified atom stereocenters. The Hall–Kier alpha value is -3.12. The van der Waals surface area contributed by atoms with Crippen LogP contribution in [-0.2, 0) is 0 Å². The molecule has 2 aromatic carbocycles. The third kappa shape index (κ3) is 4.66. The summed E-state index contributed by atoms with van der Waals surface area (Å²) in [5.74, 6) is 0.456. The van der Waals surface area contributed by atoms with Gasteiger partial charge in [0.15, 0.2) is 0 Å². The van der Waals surface area contributed by atoms with Crippen LogP contribution < -0.4 is 15.6 Å². The molecule has 0 radical (unpaired) electrons. The van der Waals surface area contributed by atoms with Crippen LogP contribution in [-0.4, -0.2) is 49.2 Å². The van der Waals surface area contributed by atoms with Crippen molar-refractivity contribution in [3.63, 3.8) is 0 Å². The second-order valence-electron chi connectivity index (χ2n) is 7.27. The Morgan fingerprint density at radius 3 is 2.66 bits per heavy atom. The van der Waals surface area contributed by atoms with Crippen molar-refractivity contribution in [2.45, 2.75) is 13.8 Å². The maximum absolute atomic E-state index is 13.3. The first-order valence-electron chi connectivity index (χ1n) is 9.73. The summed E-state index contributed by atoms with van der Waals surface area (Å²) in [6, 6.07) is 12.9. The van der Waals surface area contributed by atoms with E-state index in [0.717, 1.165) is 17.5 Å². The summed E-state index contributed by atoms with van der Waals surface area (Å²) < 4.78 is 7.32. The highest BCUT2D eigenvalue weighted by molar-refractivity contribution is 5.98. The number of aromatic nitrogens is 1. The summed E-state index contributed by atoms with van der Waals surface area (Å²) in [5, 5.41) is 4.20. The quantitative estimate of drug-likeness (QED) is 0.670. The van der Waals surface area contributed by atoms with Crippen LogP contribution in [0.5, 0.6) is 5.75 Å². The van der Waals surface area contributed by atoms with Gasteiger partial charge in [-0.3, -0.25) is 14.2 Å². The van der Waals surface area contributed by atoms with E-state index in [1.807, 2.05) is 63.2 Å². The second kappa shape index (κ2) is 8.92. The van der Waals surface area contributed by atoms with Gasteiger partial charge in [-0.25, -0.2) is 0 Å². The van der Waals surface area contributed by atoms with Crippen molar-refractivity contribution in [3.05, 3.63) is 70.1 Å². The predicted molar refractivity (Wildman–Crippen MR) is 116 cm³/mol. The van der Waals surface area contributed by atoms with Gasteiger partial charge in [0.2, 0.25) is 0 Å². The number of rotatable bonds is 7. The van der Waals surface area contributed by atoms with Gasteiger partial charge in [0.05, 0.1) is 16.6 Å². The molecule has 1 N–H and O–H groups in total. The fourth-order valence-electron chi connectivity index (χ4n) is 3.13. The van der Waals surface area contributed by atoms with Crippen molar-refractivity contribution in [3.8, 4) is 11.4 Å². The van der Waals surface area contributed by atoms with E-state index in [2.05, 4.69) is 5.32 Å². The largest absolute Gasteiger partial charge is 0.492 e. The van der Waals surface area contributed by atoms with Crippen LogP contribution in [0.15, 0.2) is 53.5 Å². The Labute approximate surface area is 170 Å². The number of aryl methyl sites for hydroxylation is 1. The van der Waals surface area contributed by atoms with E-state index in [1.54, 1.807) is 18.3 Å². The van der Waals surface area contributed by atoms with Crippen molar-refractivity contribution in [2.24, 2.45) is 0 Å². The van der Waals surface area contributed by atoms with E-state index >= 15 is 0 Å². The van der Waals surface area contributed by atoms with Crippen LogP contribution in [0.3, 0.4) is 0 Å². The molecule has 0 saturated heterocycles.